The maximum absolute atomic E-state index is 11.6. The van der Waals surface area contributed by atoms with Gasteiger partial charge in [-0.3, -0.25) is 4.79 Å². The van der Waals surface area contributed by atoms with Crippen LogP contribution in [0.4, 0.5) is 0 Å². The van der Waals surface area contributed by atoms with Gasteiger partial charge in [-0.1, -0.05) is 12.1 Å². The molecule has 0 atom stereocenters. The molecule has 1 aromatic rings. The molecule has 0 aromatic heterocycles. The Labute approximate surface area is 120 Å². The van der Waals surface area contributed by atoms with Crippen molar-refractivity contribution in [2.75, 3.05) is 27.3 Å². The molecule has 0 heterocycles. The van der Waals surface area contributed by atoms with Gasteiger partial charge in [-0.05, 0) is 17.7 Å². The molecule has 0 fully saturated rings. The summed E-state index contributed by atoms with van der Waals surface area (Å²) in [6.45, 7) is 5.43. The first-order valence-corrected chi connectivity index (χ1v) is 6.50. The number of hydrogen-bond acceptors (Lipinski definition) is 4. The molecule has 0 aliphatic heterocycles. The molecule has 0 radical (unpaired) electrons. The van der Waals surface area contributed by atoms with Crippen LogP contribution in [0.3, 0.4) is 0 Å². The van der Waals surface area contributed by atoms with Gasteiger partial charge in [0.2, 0.25) is 5.91 Å². The summed E-state index contributed by atoms with van der Waals surface area (Å²) in [7, 11) is 3.18. The fraction of sp³-hybridized carbons (Fsp3) is 0.400. The van der Waals surface area contributed by atoms with E-state index in [0.717, 1.165) is 5.56 Å². The van der Waals surface area contributed by atoms with Crippen molar-refractivity contribution in [3.8, 4) is 11.5 Å². The van der Waals surface area contributed by atoms with Crippen LogP contribution >= 0.6 is 0 Å². The third-order valence-corrected chi connectivity index (χ3v) is 2.76. The second-order valence-corrected chi connectivity index (χ2v) is 4.21. The summed E-state index contributed by atoms with van der Waals surface area (Å²) in [5, 5.41) is 5.95. The number of carbonyl (C=O) groups is 1. The van der Waals surface area contributed by atoms with Crippen molar-refractivity contribution in [2.24, 2.45) is 0 Å². The van der Waals surface area contributed by atoms with Crippen molar-refractivity contribution in [3.63, 3.8) is 0 Å². The normalized spacial score (nSPS) is 9.90. The second-order valence-electron chi connectivity index (χ2n) is 4.21. The molecule has 110 valence electrons. The Morgan fingerprint density at radius 1 is 1.30 bits per heavy atom. The van der Waals surface area contributed by atoms with Crippen LogP contribution in [-0.4, -0.2) is 33.2 Å². The van der Waals surface area contributed by atoms with E-state index in [2.05, 4.69) is 17.2 Å². The lowest BCUT2D eigenvalue weighted by Crippen LogP contribution is -2.27. The van der Waals surface area contributed by atoms with Crippen LogP contribution in [0, 0.1) is 0 Å². The molecule has 0 spiro atoms. The summed E-state index contributed by atoms with van der Waals surface area (Å²) in [5.41, 5.74) is 0.968. The highest BCUT2D eigenvalue weighted by Crippen LogP contribution is 2.27. The Morgan fingerprint density at radius 3 is 2.70 bits per heavy atom. The van der Waals surface area contributed by atoms with E-state index in [4.69, 9.17) is 9.47 Å². The van der Waals surface area contributed by atoms with Crippen LogP contribution in [0.1, 0.15) is 12.0 Å². The van der Waals surface area contributed by atoms with Gasteiger partial charge in [0.1, 0.15) is 0 Å². The lowest BCUT2D eigenvalue weighted by Gasteiger charge is -2.10. The van der Waals surface area contributed by atoms with E-state index < -0.39 is 0 Å². The average Bonchev–Trinajstić information content (AvgIpc) is 2.49. The van der Waals surface area contributed by atoms with Crippen LogP contribution in [0.2, 0.25) is 0 Å². The summed E-state index contributed by atoms with van der Waals surface area (Å²) in [6, 6.07) is 5.58. The average molecular weight is 278 g/mol. The number of benzene rings is 1. The first-order chi connectivity index (χ1) is 9.71. The third-order valence-electron chi connectivity index (χ3n) is 2.76. The smallest absolute Gasteiger partial charge is 0.221 e. The standard InChI is InChI=1S/C15H22N2O3/c1-4-8-16-9-7-15(18)17-11-12-5-6-13(19-2)14(10-12)20-3/h4-6,10,16H,1,7-9,11H2,2-3H3,(H,17,18). The first kappa shape index (κ1) is 16.0. The summed E-state index contributed by atoms with van der Waals surface area (Å²) in [4.78, 5) is 11.6. The van der Waals surface area contributed by atoms with Gasteiger partial charge in [0.05, 0.1) is 14.2 Å². The van der Waals surface area contributed by atoms with E-state index >= 15 is 0 Å². The summed E-state index contributed by atoms with van der Waals surface area (Å²) in [6.07, 6.45) is 2.21. The SMILES string of the molecule is C=CCNCCC(=O)NCc1ccc(OC)c(OC)c1. The van der Waals surface area contributed by atoms with Crippen molar-refractivity contribution in [2.45, 2.75) is 13.0 Å². The fourth-order valence-electron chi connectivity index (χ4n) is 1.69. The Bertz CT molecular complexity index is 447. The zero-order valence-corrected chi connectivity index (χ0v) is 12.1. The van der Waals surface area contributed by atoms with Crippen LogP contribution in [0.15, 0.2) is 30.9 Å². The van der Waals surface area contributed by atoms with Crippen LogP contribution in [0.25, 0.3) is 0 Å². The van der Waals surface area contributed by atoms with E-state index in [-0.39, 0.29) is 5.91 Å². The maximum atomic E-state index is 11.6. The molecule has 20 heavy (non-hydrogen) atoms. The molecule has 0 aliphatic carbocycles. The van der Waals surface area contributed by atoms with E-state index in [1.54, 1.807) is 20.3 Å². The molecule has 0 aliphatic rings. The number of hydrogen-bond donors (Lipinski definition) is 2. The zero-order chi connectivity index (χ0) is 14.8. The van der Waals surface area contributed by atoms with Gasteiger partial charge in [-0.15, -0.1) is 6.58 Å². The van der Waals surface area contributed by atoms with Crippen molar-refractivity contribution < 1.29 is 14.3 Å². The highest BCUT2D eigenvalue weighted by atomic mass is 16.5. The Morgan fingerprint density at radius 2 is 2.05 bits per heavy atom. The minimum absolute atomic E-state index is 0.0105. The second kappa shape index (κ2) is 8.98. The van der Waals surface area contributed by atoms with Gasteiger partial charge in [-0.2, -0.15) is 0 Å². The van der Waals surface area contributed by atoms with E-state index in [9.17, 15) is 4.79 Å². The molecule has 1 aromatic carbocycles. The number of carbonyl (C=O) groups excluding carboxylic acids is 1. The number of nitrogens with one attached hydrogen (secondary N) is 2. The lowest BCUT2D eigenvalue weighted by atomic mass is 10.2. The van der Waals surface area contributed by atoms with Crippen molar-refractivity contribution in [1.82, 2.24) is 10.6 Å². The van der Waals surface area contributed by atoms with Crippen molar-refractivity contribution in [1.29, 1.82) is 0 Å². The van der Waals surface area contributed by atoms with Crippen molar-refractivity contribution >= 4 is 5.91 Å². The first-order valence-electron chi connectivity index (χ1n) is 6.50. The van der Waals surface area contributed by atoms with Gasteiger partial charge >= 0.3 is 0 Å². The molecule has 5 nitrogen and oxygen atoms in total. The van der Waals surface area contributed by atoms with Gasteiger partial charge < -0.3 is 20.1 Å². The largest absolute Gasteiger partial charge is 0.493 e. The predicted molar refractivity (Wildman–Crippen MR) is 79.1 cm³/mol. The highest BCUT2D eigenvalue weighted by Gasteiger charge is 2.05. The summed E-state index contributed by atoms with van der Waals surface area (Å²) >= 11 is 0. The van der Waals surface area contributed by atoms with Crippen molar-refractivity contribution in [3.05, 3.63) is 36.4 Å². The van der Waals surface area contributed by atoms with Crippen LogP contribution in [0.5, 0.6) is 11.5 Å². The number of methoxy groups -OCH3 is 2. The van der Waals surface area contributed by atoms with Gasteiger partial charge in [0.25, 0.3) is 0 Å². The molecule has 0 unspecified atom stereocenters. The molecular formula is C15H22N2O3. The molecule has 1 amide bonds. The number of rotatable bonds is 9. The van der Waals surface area contributed by atoms with E-state index in [0.29, 0.717) is 37.6 Å². The molecule has 5 heteroatoms. The molecule has 1 rings (SSSR count). The monoisotopic (exact) mass is 278 g/mol. The predicted octanol–water partition coefficient (Wildman–Crippen LogP) is 1.49. The lowest BCUT2D eigenvalue weighted by molar-refractivity contribution is -0.121. The highest BCUT2D eigenvalue weighted by molar-refractivity contribution is 5.76. The van der Waals surface area contributed by atoms with Crippen LogP contribution in [-0.2, 0) is 11.3 Å². The maximum Gasteiger partial charge on any atom is 0.221 e. The minimum atomic E-state index is 0.0105. The summed E-state index contributed by atoms with van der Waals surface area (Å²) in [5.74, 6) is 1.35. The third kappa shape index (κ3) is 5.32. The van der Waals surface area contributed by atoms with Gasteiger partial charge in [0, 0.05) is 26.1 Å². The molecule has 0 saturated heterocycles. The Balaban J connectivity index is 2.41. The van der Waals surface area contributed by atoms with E-state index in [1.807, 2.05) is 18.2 Å². The topological polar surface area (TPSA) is 59.6 Å². The molecular weight excluding hydrogens is 256 g/mol. The Kier molecular flexibility index (Phi) is 7.21. The van der Waals surface area contributed by atoms with E-state index in [1.165, 1.54) is 0 Å². The number of amides is 1. The van der Waals surface area contributed by atoms with Gasteiger partial charge in [0.15, 0.2) is 11.5 Å². The van der Waals surface area contributed by atoms with Crippen LogP contribution < -0.4 is 20.1 Å². The molecule has 0 saturated carbocycles. The zero-order valence-electron chi connectivity index (χ0n) is 12.1. The summed E-state index contributed by atoms with van der Waals surface area (Å²) < 4.78 is 10.4. The molecule has 0 bridgehead atoms. The quantitative estimate of drug-likeness (QED) is 0.531. The molecule has 2 N–H and O–H groups in total. The minimum Gasteiger partial charge on any atom is -0.493 e. The number of ether oxygens (including phenoxy) is 2. The van der Waals surface area contributed by atoms with Gasteiger partial charge in [-0.25, -0.2) is 0 Å². The fourth-order valence-corrected chi connectivity index (χ4v) is 1.69. The Hall–Kier alpha value is -2.01.